The Hall–Kier alpha value is -0.840. The van der Waals surface area contributed by atoms with Crippen molar-refractivity contribution in [1.29, 1.82) is 0 Å². The zero-order chi connectivity index (χ0) is 10.9. The third-order valence-electron chi connectivity index (χ3n) is 1.55. The monoisotopic (exact) mass is 230 g/mol. The second kappa shape index (κ2) is 3.73. The normalized spacial score (nSPS) is 12.2. The molecule has 0 atom stereocenters. The minimum absolute atomic E-state index is 0.145. The third kappa shape index (κ3) is 2.35. The van der Waals surface area contributed by atoms with Crippen LogP contribution in [-0.4, -0.2) is 0 Å². The van der Waals surface area contributed by atoms with Crippen LogP contribution in [0, 0.1) is 0 Å². The summed E-state index contributed by atoms with van der Waals surface area (Å²) in [6, 6.07) is 2.09. The lowest BCUT2D eigenvalue weighted by Gasteiger charge is -2.12. The van der Waals surface area contributed by atoms with Gasteiger partial charge in [-0.1, -0.05) is 11.6 Å². The molecule has 1 aromatic carbocycles. The van der Waals surface area contributed by atoms with Crippen molar-refractivity contribution in [2.45, 2.75) is 12.6 Å². The highest BCUT2D eigenvalue weighted by atomic mass is 35.5. The van der Waals surface area contributed by atoms with Crippen LogP contribution in [0.15, 0.2) is 18.2 Å². The van der Waals surface area contributed by atoms with Crippen LogP contribution < -0.4 is 0 Å². The molecule has 0 nitrogen and oxygen atoms in total. The Balaban J connectivity index is 3.29. The predicted octanol–water partition coefficient (Wildman–Crippen LogP) is 4.30. The summed E-state index contributed by atoms with van der Waals surface area (Å²) in [5.74, 6) is 0. The first-order valence-electron chi connectivity index (χ1n) is 3.47. The van der Waals surface area contributed by atoms with E-state index in [4.69, 9.17) is 11.6 Å². The lowest BCUT2D eigenvalue weighted by Crippen LogP contribution is -2.09. The maximum absolute atomic E-state index is 12.2. The van der Waals surface area contributed by atoms with Gasteiger partial charge in [-0.3, -0.25) is 0 Å². The van der Waals surface area contributed by atoms with E-state index in [-0.39, 0.29) is 5.02 Å². The van der Waals surface area contributed by atoms with Crippen molar-refractivity contribution in [1.82, 2.24) is 0 Å². The Morgan fingerprint density at radius 3 is 2.14 bits per heavy atom. The van der Waals surface area contributed by atoms with Crippen LogP contribution >= 0.6 is 11.6 Å². The van der Waals surface area contributed by atoms with Crippen molar-refractivity contribution < 1.29 is 22.0 Å². The van der Waals surface area contributed by atoms with Crippen LogP contribution in [0.25, 0.3) is 0 Å². The van der Waals surface area contributed by atoms with Crippen molar-refractivity contribution >= 4 is 11.6 Å². The molecule has 0 spiro atoms. The van der Waals surface area contributed by atoms with E-state index in [1.54, 1.807) is 0 Å². The molecule has 0 aliphatic carbocycles. The van der Waals surface area contributed by atoms with Crippen molar-refractivity contribution in [3.63, 3.8) is 0 Å². The number of halogens is 6. The fraction of sp³-hybridized carbons (Fsp3) is 0.250. The molecule has 6 heteroatoms. The van der Waals surface area contributed by atoms with Gasteiger partial charge in [0.1, 0.15) is 0 Å². The number of hydrogen-bond acceptors (Lipinski definition) is 0. The van der Waals surface area contributed by atoms with Gasteiger partial charge in [0.15, 0.2) is 0 Å². The van der Waals surface area contributed by atoms with E-state index in [2.05, 4.69) is 0 Å². The van der Waals surface area contributed by atoms with E-state index in [0.717, 1.165) is 6.07 Å². The van der Waals surface area contributed by atoms with Gasteiger partial charge in [0.2, 0.25) is 0 Å². The summed E-state index contributed by atoms with van der Waals surface area (Å²) < 4.78 is 60.9. The minimum atomic E-state index is -4.78. The molecule has 0 saturated carbocycles. The molecule has 0 saturated heterocycles. The van der Waals surface area contributed by atoms with Gasteiger partial charge in [0, 0.05) is 10.6 Å². The summed E-state index contributed by atoms with van der Waals surface area (Å²) >= 11 is 5.31. The standard InChI is InChI=1S/C8H4ClF5/c9-4-1-2-6(8(12,13)14)5(3-4)7(10)11/h1-3,7H. The molecule has 0 aliphatic heterocycles. The highest BCUT2D eigenvalue weighted by Crippen LogP contribution is 2.37. The number of hydrogen-bond donors (Lipinski definition) is 0. The average molecular weight is 231 g/mol. The van der Waals surface area contributed by atoms with Crippen molar-refractivity contribution in [2.75, 3.05) is 0 Å². The van der Waals surface area contributed by atoms with Crippen LogP contribution in [0.2, 0.25) is 5.02 Å². The smallest absolute Gasteiger partial charge is 0.205 e. The van der Waals surface area contributed by atoms with Gasteiger partial charge in [0.05, 0.1) is 5.56 Å². The van der Waals surface area contributed by atoms with Crippen LogP contribution in [-0.2, 0) is 6.18 Å². The molecule has 78 valence electrons. The Morgan fingerprint density at radius 2 is 1.71 bits per heavy atom. The van der Waals surface area contributed by atoms with E-state index in [1.807, 2.05) is 0 Å². The molecular formula is C8H4ClF5. The molecule has 14 heavy (non-hydrogen) atoms. The molecule has 0 fully saturated rings. The Morgan fingerprint density at radius 1 is 1.14 bits per heavy atom. The summed E-state index contributed by atoms with van der Waals surface area (Å²) in [7, 11) is 0. The number of rotatable bonds is 1. The molecule has 0 amide bonds. The maximum atomic E-state index is 12.2. The van der Waals surface area contributed by atoms with Gasteiger partial charge in [-0.15, -0.1) is 0 Å². The fourth-order valence-corrected chi connectivity index (χ4v) is 1.15. The zero-order valence-corrected chi connectivity index (χ0v) is 7.33. The second-order valence-corrected chi connectivity index (χ2v) is 2.97. The number of alkyl halides is 5. The molecular weight excluding hydrogens is 227 g/mol. The van der Waals surface area contributed by atoms with Gasteiger partial charge < -0.3 is 0 Å². The second-order valence-electron chi connectivity index (χ2n) is 2.53. The first-order valence-corrected chi connectivity index (χ1v) is 3.85. The quantitative estimate of drug-likeness (QED) is 0.631. The van der Waals surface area contributed by atoms with Crippen LogP contribution in [0.4, 0.5) is 22.0 Å². The van der Waals surface area contributed by atoms with Gasteiger partial charge in [0.25, 0.3) is 6.43 Å². The number of benzene rings is 1. The highest BCUT2D eigenvalue weighted by molar-refractivity contribution is 6.30. The molecule has 0 bridgehead atoms. The maximum Gasteiger partial charge on any atom is 0.416 e. The minimum Gasteiger partial charge on any atom is -0.205 e. The predicted molar refractivity (Wildman–Crippen MR) is 41.4 cm³/mol. The topological polar surface area (TPSA) is 0 Å². The van der Waals surface area contributed by atoms with Gasteiger partial charge in [-0.2, -0.15) is 13.2 Å². The molecule has 0 N–H and O–H groups in total. The third-order valence-corrected chi connectivity index (χ3v) is 1.79. The molecule has 0 unspecified atom stereocenters. The van der Waals surface area contributed by atoms with Crippen LogP contribution in [0.5, 0.6) is 0 Å². The first kappa shape index (κ1) is 11.2. The molecule has 0 radical (unpaired) electrons. The fourth-order valence-electron chi connectivity index (χ4n) is 0.972. The van der Waals surface area contributed by atoms with Gasteiger partial charge in [-0.25, -0.2) is 8.78 Å². The van der Waals surface area contributed by atoms with Crippen LogP contribution in [0.1, 0.15) is 17.6 Å². The molecule has 1 rings (SSSR count). The lowest BCUT2D eigenvalue weighted by atomic mass is 10.1. The molecule has 0 heterocycles. The Kier molecular flexibility index (Phi) is 2.99. The van der Waals surface area contributed by atoms with Gasteiger partial charge >= 0.3 is 6.18 Å². The van der Waals surface area contributed by atoms with Crippen molar-refractivity contribution in [3.8, 4) is 0 Å². The van der Waals surface area contributed by atoms with E-state index < -0.39 is 23.7 Å². The van der Waals surface area contributed by atoms with E-state index in [1.165, 1.54) is 0 Å². The van der Waals surface area contributed by atoms with Crippen molar-refractivity contribution in [3.05, 3.63) is 34.3 Å². The summed E-state index contributed by atoms with van der Waals surface area (Å²) in [5, 5.41) is -0.145. The van der Waals surface area contributed by atoms with Crippen molar-refractivity contribution in [2.24, 2.45) is 0 Å². The average Bonchev–Trinajstić information content (AvgIpc) is 2.01. The summed E-state index contributed by atoms with van der Waals surface area (Å²) in [5.41, 5.74) is -2.44. The van der Waals surface area contributed by atoms with Crippen LogP contribution in [0.3, 0.4) is 0 Å². The van der Waals surface area contributed by atoms with E-state index >= 15 is 0 Å². The van der Waals surface area contributed by atoms with E-state index in [0.29, 0.717) is 12.1 Å². The SMILES string of the molecule is FC(F)c1cc(Cl)ccc1C(F)(F)F. The van der Waals surface area contributed by atoms with E-state index in [9.17, 15) is 22.0 Å². The molecule has 0 aliphatic rings. The summed E-state index contributed by atoms with van der Waals surface area (Å²) in [6.45, 7) is 0. The Labute approximate surface area is 81.3 Å². The molecule has 0 aromatic heterocycles. The summed E-state index contributed by atoms with van der Waals surface area (Å²) in [4.78, 5) is 0. The lowest BCUT2D eigenvalue weighted by molar-refractivity contribution is -0.139. The largest absolute Gasteiger partial charge is 0.416 e. The Bertz CT molecular complexity index is 331. The zero-order valence-electron chi connectivity index (χ0n) is 6.58. The molecule has 1 aromatic rings. The summed E-state index contributed by atoms with van der Waals surface area (Å²) in [6.07, 6.45) is -7.97. The van der Waals surface area contributed by atoms with Gasteiger partial charge in [-0.05, 0) is 18.2 Å². The first-order chi connectivity index (χ1) is 6.32. The highest BCUT2D eigenvalue weighted by Gasteiger charge is 2.35.